The van der Waals surface area contributed by atoms with Gasteiger partial charge in [0.15, 0.2) is 0 Å². The summed E-state index contributed by atoms with van der Waals surface area (Å²) in [5.41, 5.74) is 0.891. The topological polar surface area (TPSA) is 29.1 Å². The maximum absolute atomic E-state index is 9.78. The Bertz CT molecular complexity index is 281. The average Bonchev–Trinajstić information content (AvgIpc) is 2.07. The number of hydrogen-bond donors (Lipinski definition) is 1. The Kier molecular flexibility index (Phi) is 2.76. The van der Waals surface area contributed by atoms with Crippen LogP contribution in [0.25, 0.3) is 0 Å². The van der Waals surface area contributed by atoms with Gasteiger partial charge in [0.25, 0.3) is 0 Å². The fourth-order valence-electron chi connectivity index (χ4n) is 0.659. The number of carbonyl (C=O) groups excluding carboxylic acids is 1. The van der Waals surface area contributed by atoms with E-state index in [2.05, 4.69) is 17.3 Å². The van der Waals surface area contributed by atoms with Crippen molar-refractivity contribution < 1.29 is 4.79 Å². The van der Waals surface area contributed by atoms with Crippen LogP contribution < -0.4 is 5.32 Å². The van der Waals surface area contributed by atoms with Crippen molar-refractivity contribution in [3.63, 3.8) is 0 Å². The van der Waals surface area contributed by atoms with Gasteiger partial charge in [-0.2, -0.15) is 0 Å². The van der Waals surface area contributed by atoms with E-state index in [1.807, 2.05) is 30.3 Å². The largest absolute Gasteiger partial charge is 0.287 e. The molecule has 0 atom stereocenters. The van der Waals surface area contributed by atoms with Gasteiger partial charge in [-0.25, -0.2) is 0 Å². The van der Waals surface area contributed by atoms with E-state index in [1.54, 1.807) is 0 Å². The molecule has 0 radical (unpaired) electrons. The Labute approximate surface area is 65.2 Å². The third-order valence-corrected chi connectivity index (χ3v) is 1.11. The third-order valence-electron chi connectivity index (χ3n) is 1.11. The summed E-state index contributed by atoms with van der Waals surface area (Å²) >= 11 is 0. The molecule has 1 amide bonds. The zero-order valence-electron chi connectivity index (χ0n) is 5.87. The molecule has 54 valence electrons. The van der Waals surface area contributed by atoms with Gasteiger partial charge in [0.05, 0.1) is 0 Å². The molecule has 11 heavy (non-hydrogen) atoms. The van der Waals surface area contributed by atoms with Gasteiger partial charge < -0.3 is 0 Å². The van der Waals surface area contributed by atoms with Crippen LogP contribution >= 0.6 is 0 Å². The predicted octanol–water partition coefficient (Wildman–Crippen LogP) is 0.742. The summed E-state index contributed by atoms with van der Waals surface area (Å²) in [7, 11) is 0. The number of benzene rings is 1. The number of carbonyl (C=O) groups is 1. The van der Waals surface area contributed by atoms with Crippen LogP contribution in [0.2, 0.25) is 0 Å². The predicted molar refractivity (Wildman–Crippen MR) is 42.5 cm³/mol. The summed E-state index contributed by atoms with van der Waals surface area (Å²) in [6.45, 7) is 0. The molecule has 0 fully saturated rings. The van der Waals surface area contributed by atoms with Crippen LogP contribution in [0.4, 0.5) is 0 Å². The fourth-order valence-corrected chi connectivity index (χ4v) is 0.659. The second-order valence-corrected chi connectivity index (χ2v) is 1.88. The SMILES string of the molecule is O=CNC#Cc1ccccc1. The second-order valence-electron chi connectivity index (χ2n) is 1.88. The van der Waals surface area contributed by atoms with Crippen molar-refractivity contribution in [3.8, 4) is 12.0 Å². The van der Waals surface area contributed by atoms with Crippen molar-refractivity contribution in [2.75, 3.05) is 0 Å². The van der Waals surface area contributed by atoms with Crippen molar-refractivity contribution in [2.45, 2.75) is 0 Å². The van der Waals surface area contributed by atoms with Gasteiger partial charge in [0, 0.05) is 11.6 Å². The van der Waals surface area contributed by atoms with Crippen LogP contribution in [0.5, 0.6) is 0 Å². The van der Waals surface area contributed by atoms with Gasteiger partial charge in [-0.05, 0) is 18.1 Å². The van der Waals surface area contributed by atoms with E-state index in [0.29, 0.717) is 6.41 Å². The molecule has 0 saturated heterocycles. The first-order chi connectivity index (χ1) is 5.43. The van der Waals surface area contributed by atoms with E-state index in [9.17, 15) is 4.79 Å². The van der Waals surface area contributed by atoms with Gasteiger partial charge >= 0.3 is 0 Å². The first-order valence-corrected chi connectivity index (χ1v) is 3.19. The quantitative estimate of drug-likeness (QED) is 0.352. The van der Waals surface area contributed by atoms with Gasteiger partial charge in [-0.3, -0.25) is 10.1 Å². The fraction of sp³-hybridized carbons (Fsp3) is 0. The molecule has 1 aromatic carbocycles. The highest BCUT2D eigenvalue weighted by Gasteiger charge is 1.79. The van der Waals surface area contributed by atoms with Crippen molar-refractivity contribution >= 4 is 6.41 Å². The van der Waals surface area contributed by atoms with Crippen LogP contribution in [-0.4, -0.2) is 6.41 Å². The molecule has 0 aliphatic carbocycles. The molecule has 0 aliphatic heterocycles. The van der Waals surface area contributed by atoms with Crippen LogP contribution in [-0.2, 0) is 4.79 Å². The van der Waals surface area contributed by atoms with E-state index >= 15 is 0 Å². The van der Waals surface area contributed by atoms with Crippen LogP contribution in [0.15, 0.2) is 30.3 Å². The minimum absolute atomic E-state index is 0.552. The van der Waals surface area contributed by atoms with Crippen molar-refractivity contribution in [3.05, 3.63) is 35.9 Å². The smallest absolute Gasteiger partial charge is 0.218 e. The molecular formula is C9H7NO. The van der Waals surface area contributed by atoms with Gasteiger partial charge in [0.2, 0.25) is 6.41 Å². The zero-order valence-corrected chi connectivity index (χ0v) is 5.87. The molecule has 0 bridgehead atoms. The molecule has 0 saturated carbocycles. The first-order valence-electron chi connectivity index (χ1n) is 3.19. The molecular weight excluding hydrogens is 138 g/mol. The van der Waals surface area contributed by atoms with Crippen LogP contribution in [0.1, 0.15) is 5.56 Å². The second kappa shape index (κ2) is 4.13. The van der Waals surface area contributed by atoms with Crippen LogP contribution in [0.3, 0.4) is 0 Å². The van der Waals surface area contributed by atoms with E-state index in [4.69, 9.17) is 0 Å². The molecule has 0 aromatic heterocycles. The van der Waals surface area contributed by atoms with Gasteiger partial charge in [-0.1, -0.05) is 18.2 Å². The lowest BCUT2D eigenvalue weighted by atomic mass is 10.2. The molecule has 1 rings (SSSR count). The zero-order chi connectivity index (χ0) is 7.94. The van der Waals surface area contributed by atoms with Crippen molar-refractivity contribution in [1.82, 2.24) is 5.32 Å². The summed E-state index contributed by atoms with van der Waals surface area (Å²) in [6.07, 6.45) is 0.552. The maximum atomic E-state index is 9.78. The minimum Gasteiger partial charge on any atom is -0.287 e. The monoisotopic (exact) mass is 145 g/mol. The van der Waals surface area contributed by atoms with Crippen molar-refractivity contribution in [1.29, 1.82) is 0 Å². The highest BCUT2D eigenvalue weighted by molar-refractivity contribution is 5.50. The molecule has 2 nitrogen and oxygen atoms in total. The molecule has 1 aromatic rings. The van der Waals surface area contributed by atoms with E-state index in [0.717, 1.165) is 5.56 Å². The minimum atomic E-state index is 0.552. The summed E-state index contributed by atoms with van der Waals surface area (Å²) in [6, 6.07) is 11.9. The molecule has 2 heteroatoms. The first kappa shape index (κ1) is 7.36. The number of hydrogen-bond acceptors (Lipinski definition) is 1. The Hall–Kier alpha value is -1.75. The number of nitrogens with one attached hydrogen (secondary N) is 1. The lowest BCUT2D eigenvalue weighted by Crippen LogP contribution is -1.99. The highest BCUT2D eigenvalue weighted by Crippen LogP contribution is 1.93. The maximum Gasteiger partial charge on any atom is 0.218 e. The molecule has 0 spiro atoms. The Morgan fingerprint density at radius 3 is 2.64 bits per heavy atom. The lowest BCUT2D eigenvalue weighted by molar-refractivity contribution is -0.108. The summed E-state index contributed by atoms with van der Waals surface area (Å²) < 4.78 is 0. The van der Waals surface area contributed by atoms with Gasteiger partial charge in [-0.15, -0.1) is 0 Å². The Morgan fingerprint density at radius 2 is 2.00 bits per heavy atom. The highest BCUT2D eigenvalue weighted by atomic mass is 16.1. The van der Waals surface area contributed by atoms with E-state index in [-0.39, 0.29) is 0 Å². The Balaban J connectivity index is 2.66. The number of rotatable bonds is 1. The Morgan fingerprint density at radius 1 is 1.27 bits per heavy atom. The normalized spacial score (nSPS) is 7.64. The summed E-state index contributed by atoms with van der Waals surface area (Å²) in [5.74, 6) is 2.75. The van der Waals surface area contributed by atoms with E-state index < -0.39 is 0 Å². The molecule has 1 N–H and O–H groups in total. The molecule has 0 heterocycles. The average molecular weight is 145 g/mol. The summed E-state index contributed by atoms with van der Waals surface area (Å²) in [5, 5.41) is 2.26. The summed E-state index contributed by atoms with van der Waals surface area (Å²) in [4.78, 5) is 9.78. The lowest BCUT2D eigenvalue weighted by Gasteiger charge is -1.84. The molecule has 0 unspecified atom stereocenters. The molecule has 0 aliphatic rings. The third kappa shape index (κ3) is 2.55. The van der Waals surface area contributed by atoms with Crippen molar-refractivity contribution in [2.24, 2.45) is 0 Å². The van der Waals surface area contributed by atoms with Crippen LogP contribution in [0, 0.1) is 12.0 Å². The van der Waals surface area contributed by atoms with E-state index in [1.165, 1.54) is 0 Å². The van der Waals surface area contributed by atoms with Gasteiger partial charge in [0.1, 0.15) is 0 Å². The standard InChI is InChI=1S/C9H7NO/c11-8-10-7-6-9-4-2-1-3-5-9/h1-5,8H,(H,10,11). The number of amides is 1.